The molecule has 0 spiro atoms. The van der Waals surface area contributed by atoms with Gasteiger partial charge in [0.25, 0.3) is 0 Å². The molecule has 0 amide bonds. The summed E-state index contributed by atoms with van der Waals surface area (Å²) >= 11 is 0. The maximum absolute atomic E-state index is 0. The molecule has 0 bridgehead atoms. The van der Waals surface area contributed by atoms with E-state index in [9.17, 15) is 0 Å². The molecule has 0 heterocycles. The molecule has 0 N–H and O–H groups in total. The fourth-order valence-electron chi connectivity index (χ4n) is 0. The molecule has 0 atom stereocenters. The van der Waals surface area contributed by atoms with Crippen molar-refractivity contribution >= 4 is 0 Å². The minimum atomic E-state index is 0. The molecule has 0 saturated carbocycles. The van der Waals surface area contributed by atoms with Crippen molar-refractivity contribution in [1.29, 1.82) is 0 Å². The van der Waals surface area contributed by atoms with Crippen LogP contribution in [0.2, 0.25) is 0 Å². The molecule has 0 saturated heterocycles. The van der Waals surface area contributed by atoms with Crippen LogP contribution < -0.4 is 0 Å². The van der Waals surface area contributed by atoms with Gasteiger partial charge in [0.1, 0.15) is 0 Å². The Kier molecular flexibility index (Phi) is 123. The first kappa shape index (κ1) is 29.0. The molecular weight excluding hydrogens is 293 g/mol. The second kappa shape index (κ2) is 17.0. The zero-order valence-corrected chi connectivity index (χ0v) is 9.80. The van der Waals surface area contributed by atoms with Crippen LogP contribution in [0.1, 0.15) is 0 Å². The SMILES string of the molecule is [CH3-].[Rh].[Y].[Y]. The van der Waals surface area contributed by atoms with Gasteiger partial charge in [0.15, 0.2) is 0 Å². The fourth-order valence-corrected chi connectivity index (χ4v) is 0. The van der Waals surface area contributed by atoms with Crippen LogP contribution in [0.4, 0.5) is 0 Å². The van der Waals surface area contributed by atoms with Gasteiger partial charge < -0.3 is 7.43 Å². The Bertz CT molecular complexity index is 6.00. The van der Waals surface area contributed by atoms with Crippen molar-refractivity contribution in [2.24, 2.45) is 0 Å². The zero-order valence-electron chi connectivity index (χ0n) is 2.49. The van der Waals surface area contributed by atoms with E-state index in [1.807, 2.05) is 0 Å². The second-order valence-corrected chi connectivity index (χ2v) is 0. The quantitative estimate of drug-likeness (QED) is 0.449. The van der Waals surface area contributed by atoms with E-state index in [2.05, 4.69) is 0 Å². The summed E-state index contributed by atoms with van der Waals surface area (Å²) in [7, 11) is 0. The second-order valence-electron chi connectivity index (χ2n) is 0. The van der Waals surface area contributed by atoms with Crippen molar-refractivity contribution in [3.05, 3.63) is 7.43 Å². The van der Waals surface area contributed by atoms with Crippen LogP contribution in [-0.4, -0.2) is 0 Å². The summed E-state index contributed by atoms with van der Waals surface area (Å²) in [5.74, 6) is 0. The summed E-state index contributed by atoms with van der Waals surface area (Å²) in [6.45, 7) is 0. The maximum atomic E-state index is 0. The van der Waals surface area contributed by atoms with Crippen LogP contribution in [0, 0.1) is 7.43 Å². The van der Waals surface area contributed by atoms with Crippen molar-refractivity contribution < 1.29 is 84.9 Å². The molecule has 0 aromatic rings. The summed E-state index contributed by atoms with van der Waals surface area (Å²) in [5, 5.41) is 0. The number of hydrogen-bond acceptors (Lipinski definition) is 0. The molecule has 0 nitrogen and oxygen atoms in total. The van der Waals surface area contributed by atoms with Gasteiger partial charge >= 0.3 is 0 Å². The molecule has 0 aromatic carbocycles. The van der Waals surface area contributed by atoms with Crippen LogP contribution in [0.25, 0.3) is 0 Å². The molecular formula is CH3RhY2-. The Hall–Kier alpha value is 2.83. The van der Waals surface area contributed by atoms with Crippen LogP contribution in [0.5, 0.6) is 0 Å². The molecule has 0 fully saturated rings. The third-order valence-electron chi connectivity index (χ3n) is 0. The smallest absolute Gasteiger partial charge is 0 e. The van der Waals surface area contributed by atoms with Gasteiger partial charge in [-0.3, -0.25) is 0 Å². The minimum absolute atomic E-state index is 0. The largest absolute Gasteiger partial charge is 0.358 e. The van der Waals surface area contributed by atoms with Crippen molar-refractivity contribution in [3.8, 4) is 0 Å². The summed E-state index contributed by atoms with van der Waals surface area (Å²) < 4.78 is 0. The van der Waals surface area contributed by atoms with Crippen molar-refractivity contribution in [1.82, 2.24) is 0 Å². The molecule has 0 aromatic heterocycles. The molecule has 0 rings (SSSR count). The Morgan fingerprint density at radius 3 is 0.750 bits per heavy atom. The monoisotopic (exact) mass is 296 g/mol. The van der Waals surface area contributed by atoms with E-state index < -0.39 is 0 Å². The van der Waals surface area contributed by atoms with Crippen LogP contribution >= 0.6 is 0 Å². The van der Waals surface area contributed by atoms with Gasteiger partial charge in [0.05, 0.1) is 0 Å². The van der Waals surface area contributed by atoms with Gasteiger partial charge in [-0.1, -0.05) is 0 Å². The normalized spacial score (nSPS) is 0. The Balaban J connectivity index is 0. The third kappa shape index (κ3) is 8.85. The molecule has 0 aliphatic heterocycles. The zero-order chi connectivity index (χ0) is 0. The van der Waals surface area contributed by atoms with Crippen LogP contribution in [-0.2, 0) is 84.9 Å². The predicted molar refractivity (Wildman–Crippen MR) is 6.41 cm³/mol. The van der Waals surface area contributed by atoms with Crippen LogP contribution in [0.15, 0.2) is 0 Å². The Morgan fingerprint density at radius 2 is 0.750 bits per heavy atom. The molecule has 4 heavy (non-hydrogen) atoms. The van der Waals surface area contributed by atoms with Gasteiger partial charge in [0.2, 0.25) is 0 Å². The molecule has 0 aliphatic rings. The van der Waals surface area contributed by atoms with Gasteiger partial charge in [-0.05, 0) is 0 Å². The molecule has 23 valence electrons. The van der Waals surface area contributed by atoms with E-state index >= 15 is 0 Å². The van der Waals surface area contributed by atoms with Gasteiger partial charge in [-0.25, -0.2) is 0 Å². The van der Waals surface area contributed by atoms with E-state index in [1.54, 1.807) is 0 Å². The predicted octanol–water partition coefficient (Wildman–Crippen LogP) is 0.443. The van der Waals surface area contributed by atoms with E-state index in [4.69, 9.17) is 0 Å². The first-order valence-corrected chi connectivity index (χ1v) is 0. The summed E-state index contributed by atoms with van der Waals surface area (Å²) in [5.41, 5.74) is 0. The van der Waals surface area contributed by atoms with E-state index in [0.29, 0.717) is 0 Å². The first-order valence-electron chi connectivity index (χ1n) is 0. The first-order chi connectivity index (χ1) is 0. The van der Waals surface area contributed by atoms with Crippen molar-refractivity contribution in [3.63, 3.8) is 0 Å². The summed E-state index contributed by atoms with van der Waals surface area (Å²) in [6.07, 6.45) is 0. The average molecular weight is 296 g/mol. The van der Waals surface area contributed by atoms with E-state index in [-0.39, 0.29) is 92.3 Å². The molecule has 3 radical (unpaired) electrons. The van der Waals surface area contributed by atoms with Gasteiger partial charge in [-0.2, -0.15) is 0 Å². The van der Waals surface area contributed by atoms with Crippen molar-refractivity contribution in [2.45, 2.75) is 0 Å². The minimum Gasteiger partial charge on any atom is -0.358 e. The molecule has 3 heteroatoms. The van der Waals surface area contributed by atoms with Gasteiger partial charge in [-0.15, -0.1) is 0 Å². The Labute approximate surface area is 90.4 Å². The van der Waals surface area contributed by atoms with Crippen molar-refractivity contribution in [2.75, 3.05) is 0 Å². The molecule has 0 unspecified atom stereocenters. The number of rotatable bonds is 0. The van der Waals surface area contributed by atoms with E-state index in [1.165, 1.54) is 0 Å². The fraction of sp³-hybridized carbons (Fsp3) is 0. The summed E-state index contributed by atoms with van der Waals surface area (Å²) in [4.78, 5) is 0. The maximum Gasteiger partial charge on any atom is 0 e. The summed E-state index contributed by atoms with van der Waals surface area (Å²) in [6, 6.07) is 0. The standard InChI is InChI=1S/CH3.Rh.2Y/h1H3;;;/q-1;;;. The topological polar surface area (TPSA) is 0 Å². The average Bonchev–Trinajstić information content (AvgIpc) is 0. The molecule has 0 aliphatic carbocycles. The number of hydrogen-bond donors (Lipinski definition) is 0. The van der Waals surface area contributed by atoms with Crippen LogP contribution in [0.3, 0.4) is 0 Å². The van der Waals surface area contributed by atoms with Gasteiger partial charge in [0, 0.05) is 84.9 Å². The Morgan fingerprint density at radius 1 is 0.750 bits per heavy atom. The van der Waals surface area contributed by atoms with E-state index in [0.717, 1.165) is 0 Å². The third-order valence-corrected chi connectivity index (χ3v) is 0.